The van der Waals surface area contributed by atoms with E-state index in [-0.39, 0.29) is 5.82 Å². The minimum Gasteiger partial charge on any atom is -0.393 e. The Morgan fingerprint density at radius 3 is 2.75 bits per heavy atom. The molecule has 1 aromatic heterocycles. The first-order valence-corrected chi connectivity index (χ1v) is 5.88. The molecule has 2 rings (SSSR count). The molecular formula is C11H16FN3O5. The van der Waals surface area contributed by atoms with Crippen LogP contribution in [0, 0.1) is 0 Å². The van der Waals surface area contributed by atoms with Gasteiger partial charge in [0.1, 0.15) is 24.2 Å². The van der Waals surface area contributed by atoms with Gasteiger partial charge in [0.05, 0.1) is 6.61 Å². The van der Waals surface area contributed by atoms with Crippen molar-refractivity contribution in [3.05, 3.63) is 22.7 Å². The first kappa shape index (κ1) is 14.9. The summed E-state index contributed by atoms with van der Waals surface area (Å²) in [6.07, 6.45) is -1.91. The minimum absolute atomic E-state index is 0.0247. The third kappa shape index (κ3) is 1.99. The van der Waals surface area contributed by atoms with Gasteiger partial charge >= 0.3 is 5.69 Å². The number of aromatic nitrogens is 2. The summed E-state index contributed by atoms with van der Waals surface area (Å²) in [5, 5.41) is 29.5. The number of nitrogen functional groups attached to an aromatic ring is 1. The molecule has 20 heavy (non-hydrogen) atoms. The quantitative estimate of drug-likeness (QED) is 0.514. The van der Waals surface area contributed by atoms with Gasteiger partial charge in [-0.2, -0.15) is 4.98 Å². The van der Waals surface area contributed by atoms with Crippen LogP contribution in [0.15, 0.2) is 17.1 Å². The molecule has 1 aromatic rings. The van der Waals surface area contributed by atoms with Gasteiger partial charge in [0.25, 0.3) is 0 Å². The van der Waals surface area contributed by atoms with E-state index in [1.807, 2.05) is 0 Å². The lowest BCUT2D eigenvalue weighted by Gasteiger charge is -2.29. The van der Waals surface area contributed by atoms with E-state index in [2.05, 4.69) is 4.98 Å². The molecule has 0 radical (unpaired) electrons. The zero-order valence-corrected chi connectivity index (χ0v) is 10.7. The molecule has 0 spiro atoms. The van der Waals surface area contributed by atoms with Crippen molar-refractivity contribution in [2.24, 2.45) is 0 Å². The van der Waals surface area contributed by atoms with Gasteiger partial charge in [0, 0.05) is 6.20 Å². The lowest BCUT2D eigenvalue weighted by Crippen LogP contribution is -2.52. The highest BCUT2D eigenvalue weighted by Crippen LogP contribution is 2.43. The molecule has 4 atom stereocenters. The first-order chi connectivity index (χ1) is 9.28. The predicted molar refractivity (Wildman–Crippen MR) is 65.5 cm³/mol. The van der Waals surface area contributed by atoms with E-state index >= 15 is 0 Å². The SMILES string of the molecule is CC1(O)C(n2ccc(N)nc2=O)OC(CO)(CF)C1O. The summed E-state index contributed by atoms with van der Waals surface area (Å²) in [7, 11) is 0. The standard InChI is InChI=1S/C11H16FN3O5/c1-10(19)7(17)11(4-12,5-16)20-8(10)15-3-2-6(13)14-9(15)18/h2-3,7-8,16-17,19H,4-5H2,1H3,(H2,13,14,18). The molecule has 4 unspecified atom stereocenters. The van der Waals surface area contributed by atoms with E-state index in [4.69, 9.17) is 10.5 Å². The lowest BCUT2D eigenvalue weighted by molar-refractivity contribution is -0.140. The molecule has 1 aliphatic heterocycles. The van der Waals surface area contributed by atoms with Crippen molar-refractivity contribution in [3.63, 3.8) is 0 Å². The van der Waals surface area contributed by atoms with Crippen LogP contribution in [-0.4, -0.2) is 55.5 Å². The molecule has 8 nitrogen and oxygen atoms in total. The number of nitrogens with zero attached hydrogens (tertiary/aromatic N) is 2. The Bertz CT molecular complexity index is 557. The topological polar surface area (TPSA) is 131 Å². The van der Waals surface area contributed by atoms with Gasteiger partial charge in [-0.1, -0.05) is 0 Å². The van der Waals surface area contributed by atoms with Crippen LogP contribution >= 0.6 is 0 Å². The molecule has 5 N–H and O–H groups in total. The summed E-state index contributed by atoms with van der Waals surface area (Å²) in [5.41, 5.74) is 0.545. The normalized spacial score (nSPS) is 37.2. The molecule has 9 heteroatoms. The average molecular weight is 289 g/mol. The minimum atomic E-state index is -1.99. The van der Waals surface area contributed by atoms with E-state index in [1.165, 1.54) is 19.2 Å². The maximum absolute atomic E-state index is 13.1. The Labute approximate surface area is 113 Å². The van der Waals surface area contributed by atoms with Gasteiger partial charge in [-0.15, -0.1) is 0 Å². The van der Waals surface area contributed by atoms with Gasteiger partial charge in [0.2, 0.25) is 0 Å². The zero-order valence-electron chi connectivity index (χ0n) is 10.7. The molecular weight excluding hydrogens is 273 g/mol. The van der Waals surface area contributed by atoms with Crippen molar-refractivity contribution in [1.82, 2.24) is 9.55 Å². The zero-order chi connectivity index (χ0) is 15.1. The second kappa shape index (κ2) is 4.77. The van der Waals surface area contributed by atoms with Gasteiger partial charge in [0.15, 0.2) is 11.8 Å². The maximum atomic E-state index is 13.1. The summed E-state index contributed by atoms with van der Waals surface area (Å²) in [4.78, 5) is 15.2. The highest BCUT2D eigenvalue weighted by molar-refractivity contribution is 5.24. The summed E-state index contributed by atoms with van der Waals surface area (Å²) < 4.78 is 19.2. The van der Waals surface area contributed by atoms with Crippen LogP contribution in [0.2, 0.25) is 0 Å². The van der Waals surface area contributed by atoms with Crippen molar-refractivity contribution in [1.29, 1.82) is 0 Å². The number of alkyl halides is 1. The molecule has 1 aliphatic rings. The number of aliphatic hydroxyl groups is 3. The van der Waals surface area contributed by atoms with E-state index in [1.54, 1.807) is 0 Å². The number of anilines is 1. The number of hydrogen-bond donors (Lipinski definition) is 4. The van der Waals surface area contributed by atoms with Crippen LogP contribution in [0.4, 0.5) is 10.2 Å². The lowest BCUT2D eigenvalue weighted by atomic mass is 9.88. The third-order valence-corrected chi connectivity index (χ3v) is 3.50. The Morgan fingerprint density at radius 2 is 2.30 bits per heavy atom. The number of nitrogens with two attached hydrogens (primary N) is 1. The first-order valence-electron chi connectivity index (χ1n) is 5.88. The van der Waals surface area contributed by atoms with Crippen molar-refractivity contribution in [2.45, 2.75) is 30.5 Å². The fourth-order valence-corrected chi connectivity index (χ4v) is 2.29. The Balaban J connectivity index is 2.50. The predicted octanol–water partition coefficient (Wildman–Crippen LogP) is -1.83. The average Bonchev–Trinajstić information content (AvgIpc) is 2.60. The second-order valence-electron chi connectivity index (χ2n) is 5.00. The Kier molecular flexibility index (Phi) is 3.54. The Morgan fingerprint density at radius 1 is 1.65 bits per heavy atom. The summed E-state index contributed by atoms with van der Waals surface area (Å²) in [5.74, 6) is -0.0247. The molecule has 0 aliphatic carbocycles. The molecule has 2 heterocycles. The highest BCUT2D eigenvalue weighted by Gasteiger charge is 2.61. The number of rotatable bonds is 3. The van der Waals surface area contributed by atoms with E-state index in [9.17, 15) is 24.5 Å². The van der Waals surface area contributed by atoms with Crippen LogP contribution in [-0.2, 0) is 4.74 Å². The summed E-state index contributed by atoms with van der Waals surface area (Å²) in [6.45, 7) is -0.902. The van der Waals surface area contributed by atoms with E-state index in [0.717, 1.165) is 4.57 Å². The number of ether oxygens (including phenoxy) is 1. The van der Waals surface area contributed by atoms with Gasteiger partial charge in [-0.25, -0.2) is 9.18 Å². The van der Waals surface area contributed by atoms with Crippen molar-refractivity contribution < 1.29 is 24.4 Å². The van der Waals surface area contributed by atoms with E-state index < -0.39 is 42.5 Å². The van der Waals surface area contributed by atoms with Crippen LogP contribution in [0.3, 0.4) is 0 Å². The van der Waals surface area contributed by atoms with Crippen LogP contribution in [0.25, 0.3) is 0 Å². The Hall–Kier alpha value is -1.55. The van der Waals surface area contributed by atoms with Crippen LogP contribution < -0.4 is 11.4 Å². The second-order valence-corrected chi connectivity index (χ2v) is 5.00. The van der Waals surface area contributed by atoms with Crippen LogP contribution in [0.5, 0.6) is 0 Å². The van der Waals surface area contributed by atoms with Gasteiger partial charge < -0.3 is 25.8 Å². The molecule has 0 aromatic carbocycles. The largest absolute Gasteiger partial charge is 0.393 e. The maximum Gasteiger partial charge on any atom is 0.351 e. The van der Waals surface area contributed by atoms with Crippen molar-refractivity contribution in [2.75, 3.05) is 19.0 Å². The number of halogens is 1. The van der Waals surface area contributed by atoms with Gasteiger partial charge in [-0.3, -0.25) is 4.57 Å². The third-order valence-electron chi connectivity index (χ3n) is 3.50. The fourth-order valence-electron chi connectivity index (χ4n) is 2.29. The summed E-state index contributed by atoms with van der Waals surface area (Å²) >= 11 is 0. The molecule has 0 saturated carbocycles. The molecule has 112 valence electrons. The van der Waals surface area contributed by atoms with Gasteiger partial charge in [-0.05, 0) is 13.0 Å². The highest BCUT2D eigenvalue weighted by atomic mass is 19.1. The number of hydrogen-bond acceptors (Lipinski definition) is 7. The molecule has 0 bridgehead atoms. The smallest absolute Gasteiger partial charge is 0.351 e. The van der Waals surface area contributed by atoms with Crippen molar-refractivity contribution in [3.8, 4) is 0 Å². The molecule has 0 amide bonds. The summed E-state index contributed by atoms with van der Waals surface area (Å²) in [6, 6.07) is 1.29. The monoisotopic (exact) mass is 289 g/mol. The van der Waals surface area contributed by atoms with Crippen LogP contribution in [0.1, 0.15) is 13.2 Å². The molecule has 1 saturated heterocycles. The molecule has 1 fully saturated rings. The fraction of sp³-hybridized carbons (Fsp3) is 0.636. The van der Waals surface area contributed by atoms with E-state index in [0.29, 0.717) is 0 Å². The number of aliphatic hydroxyl groups excluding tert-OH is 2. The van der Waals surface area contributed by atoms with Crippen molar-refractivity contribution >= 4 is 5.82 Å².